The van der Waals surface area contributed by atoms with Crippen LogP contribution in [0.5, 0.6) is 0 Å². The van der Waals surface area contributed by atoms with Crippen LogP contribution in [-0.2, 0) is 9.47 Å². The maximum atomic E-state index is 6.54. The van der Waals surface area contributed by atoms with Gasteiger partial charge in [0.2, 0.25) is 0 Å². The Labute approximate surface area is 309 Å². The summed E-state index contributed by atoms with van der Waals surface area (Å²) in [6.45, 7) is 18.5. The fourth-order valence-corrected chi connectivity index (χ4v) is 7.98. The molecule has 0 N–H and O–H groups in total. The van der Waals surface area contributed by atoms with Gasteiger partial charge in [0, 0.05) is 28.3 Å². The van der Waals surface area contributed by atoms with Crippen molar-refractivity contribution in [1.29, 1.82) is 0 Å². The molecule has 8 heteroatoms. The van der Waals surface area contributed by atoms with Crippen LogP contribution in [0, 0.1) is 41.6 Å². The van der Waals surface area contributed by atoms with Crippen molar-refractivity contribution in [3.05, 3.63) is 67.0 Å². The van der Waals surface area contributed by atoms with Gasteiger partial charge in [-0.25, -0.2) is 0 Å². The van der Waals surface area contributed by atoms with Crippen molar-refractivity contribution in [3.63, 3.8) is 0 Å². The van der Waals surface area contributed by atoms with Gasteiger partial charge in [-0.1, -0.05) is 119 Å². The molecule has 0 saturated carbocycles. The van der Waals surface area contributed by atoms with E-state index in [9.17, 15) is 0 Å². The van der Waals surface area contributed by atoms with Crippen molar-refractivity contribution in [2.24, 2.45) is 35.5 Å². The summed E-state index contributed by atoms with van der Waals surface area (Å²) >= 11 is 1.82. The summed E-state index contributed by atoms with van der Waals surface area (Å²) in [5, 5.41) is 2.51. The average molecular weight is 689 g/mol. The second kappa shape index (κ2) is 18.9. The molecule has 0 spiro atoms. The van der Waals surface area contributed by atoms with E-state index in [1.807, 2.05) is 11.8 Å². The Bertz CT molecular complexity index is 1500. The zero-order valence-corrected chi connectivity index (χ0v) is 33.3. The van der Waals surface area contributed by atoms with Gasteiger partial charge >= 0.3 is 18.9 Å². The first-order valence-corrected chi connectivity index (χ1v) is 21.3. The fourth-order valence-electron chi connectivity index (χ4n) is 7.37. The second-order valence-corrected chi connectivity index (χ2v) is 16.8. The molecular weight excluding hydrogens is 632 g/mol. The molecule has 4 heterocycles. The molecule has 2 saturated heterocycles. The number of hydrogen-bond acceptors (Lipinski definition) is 5. The number of hydrogen-bond donors (Lipinski definition) is 0. The fraction of sp³-hybridized carbons (Fsp3) is 0.590. The van der Waals surface area contributed by atoms with E-state index < -0.39 is 0 Å². The number of ether oxygens (including phenoxy) is 2. The Morgan fingerprint density at radius 2 is 1.13 bits per heavy atom. The number of aromatic nitrogens is 2. The normalized spacial score (nSPS) is 30.5. The van der Waals surface area contributed by atoms with Gasteiger partial charge in [0.1, 0.15) is 12.5 Å². The van der Waals surface area contributed by atoms with Crippen LogP contribution in [0.1, 0.15) is 80.7 Å². The molecule has 254 valence electrons. The molecule has 2 aromatic heterocycles. The minimum Gasteiger partial charge on any atom is -0.387 e. The summed E-state index contributed by atoms with van der Waals surface area (Å²) in [7, 11) is 3.55. The van der Waals surface area contributed by atoms with E-state index in [1.54, 1.807) is 21.6 Å². The molecule has 6 rings (SSSR count). The SMILES string of the molecule is CC[C@H]1O[C@@H](n2c[c-]c3ccccc32)[C@H](C)[C@@H](C)C1C.CC[C@H]1O[C@@H](n2cc(SC)c3ccccc32)[C@H](C)[C@@H](C)C1C.CSSC.[Li+]. The molecule has 2 aliphatic rings. The number of rotatable bonds is 6. The molecule has 0 bridgehead atoms. The van der Waals surface area contributed by atoms with Crippen molar-refractivity contribution in [1.82, 2.24) is 9.13 Å². The second-order valence-electron chi connectivity index (χ2n) is 13.3. The van der Waals surface area contributed by atoms with Gasteiger partial charge in [-0.05, 0) is 61.3 Å². The van der Waals surface area contributed by atoms with E-state index in [1.165, 1.54) is 26.7 Å². The summed E-state index contributed by atoms with van der Waals surface area (Å²) in [5.74, 6) is 3.61. The molecular formula is C39H57LiN2O2S3. The Balaban J connectivity index is 0.000000226. The van der Waals surface area contributed by atoms with Crippen molar-refractivity contribution in [2.45, 2.75) is 97.8 Å². The smallest absolute Gasteiger partial charge is 0.387 e. The third-order valence-electron chi connectivity index (χ3n) is 11.0. The van der Waals surface area contributed by atoms with Gasteiger partial charge in [-0.3, -0.25) is 0 Å². The predicted octanol–water partition coefficient (Wildman–Crippen LogP) is 8.87. The van der Waals surface area contributed by atoms with Crippen LogP contribution in [-0.4, -0.2) is 40.1 Å². The average Bonchev–Trinajstić information content (AvgIpc) is 3.69. The van der Waals surface area contributed by atoms with Crippen LogP contribution in [0.2, 0.25) is 0 Å². The molecule has 2 aromatic carbocycles. The van der Waals surface area contributed by atoms with Crippen molar-refractivity contribution >= 4 is 55.2 Å². The number of thioether (sulfide) groups is 1. The molecule has 2 aliphatic heterocycles. The molecule has 10 atom stereocenters. The summed E-state index contributed by atoms with van der Waals surface area (Å²) < 4.78 is 17.6. The van der Waals surface area contributed by atoms with E-state index in [-0.39, 0.29) is 31.3 Å². The molecule has 0 radical (unpaired) electrons. The molecule has 2 fully saturated rings. The zero-order chi connectivity index (χ0) is 33.5. The van der Waals surface area contributed by atoms with Crippen molar-refractivity contribution < 1.29 is 28.3 Å². The molecule has 0 aliphatic carbocycles. The Hall–Kier alpha value is -0.913. The van der Waals surface area contributed by atoms with Gasteiger partial charge in [-0.2, -0.15) is 17.5 Å². The van der Waals surface area contributed by atoms with Crippen LogP contribution in [0.4, 0.5) is 0 Å². The molecule has 4 nitrogen and oxygen atoms in total. The standard InChI is InChI=1S/C19H27NOS.C18H24NO.C2H6S2.Li/c1-6-17-13(3)12(2)14(4)19(21-17)20-11-18(22-5)15-9-7-8-10-16(15)20;1-5-17-13(3)12(2)14(4)18(20-17)19-11-10-15-8-6-7-9-16(15)19;1-3-4-2;/h7-14,17,19H,6H2,1-5H3;6-9,11-14,17-18H,5H2,1-4H3;1-2H3;/q;-1;;+1/t12-,13?,14+,17+,19+;12-,13?,14+,17+,18+;;/m00../s1. The van der Waals surface area contributed by atoms with E-state index in [0.29, 0.717) is 47.7 Å². The summed E-state index contributed by atoms with van der Waals surface area (Å²) in [6, 6.07) is 20.5. The number of para-hydroxylation sites is 2. The first kappa shape index (κ1) is 40.5. The minimum absolute atomic E-state index is 0. The predicted molar refractivity (Wildman–Crippen MR) is 205 cm³/mol. The van der Waals surface area contributed by atoms with Crippen LogP contribution in [0.3, 0.4) is 0 Å². The molecule has 47 heavy (non-hydrogen) atoms. The topological polar surface area (TPSA) is 28.3 Å². The minimum atomic E-state index is 0. The zero-order valence-electron chi connectivity index (χ0n) is 30.9. The Morgan fingerprint density at radius 1 is 0.638 bits per heavy atom. The largest absolute Gasteiger partial charge is 1.00 e. The van der Waals surface area contributed by atoms with Crippen LogP contribution in [0.25, 0.3) is 21.8 Å². The van der Waals surface area contributed by atoms with E-state index in [0.717, 1.165) is 12.8 Å². The van der Waals surface area contributed by atoms with Gasteiger partial charge < -0.3 is 18.6 Å². The van der Waals surface area contributed by atoms with E-state index in [4.69, 9.17) is 9.47 Å². The quantitative estimate of drug-likeness (QED) is 0.0874. The third-order valence-corrected chi connectivity index (χ3v) is 13.1. The first-order chi connectivity index (χ1) is 22.1. The number of fused-ring (bicyclic) bond motifs is 2. The summed E-state index contributed by atoms with van der Waals surface area (Å²) in [5.41, 5.74) is 2.52. The number of benzene rings is 2. The maximum Gasteiger partial charge on any atom is 1.00 e. The van der Waals surface area contributed by atoms with Crippen molar-refractivity contribution in [3.8, 4) is 0 Å². The Kier molecular flexibility index (Phi) is 16.3. The van der Waals surface area contributed by atoms with E-state index >= 15 is 0 Å². The van der Waals surface area contributed by atoms with Gasteiger partial charge in [0.15, 0.2) is 0 Å². The summed E-state index contributed by atoms with van der Waals surface area (Å²) in [6.07, 6.45) is 13.8. The first-order valence-electron chi connectivity index (χ1n) is 17.1. The Morgan fingerprint density at radius 3 is 1.64 bits per heavy atom. The summed E-state index contributed by atoms with van der Waals surface area (Å²) in [4.78, 5) is 1.34. The van der Waals surface area contributed by atoms with Gasteiger partial charge in [-0.15, -0.1) is 17.8 Å². The van der Waals surface area contributed by atoms with Gasteiger partial charge in [0.05, 0.1) is 17.7 Å². The molecule has 4 aromatic rings. The maximum absolute atomic E-state index is 6.54. The van der Waals surface area contributed by atoms with Crippen molar-refractivity contribution in [2.75, 3.05) is 18.8 Å². The monoisotopic (exact) mass is 688 g/mol. The molecule has 0 amide bonds. The van der Waals surface area contributed by atoms with Crippen LogP contribution >= 0.6 is 33.3 Å². The van der Waals surface area contributed by atoms with Gasteiger partial charge in [0.25, 0.3) is 0 Å². The van der Waals surface area contributed by atoms with Crippen LogP contribution < -0.4 is 18.9 Å². The number of nitrogens with zero attached hydrogens (tertiary/aromatic N) is 2. The third kappa shape index (κ3) is 8.88. The molecule has 2 unspecified atom stereocenters. The van der Waals surface area contributed by atoms with E-state index in [2.05, 4.69) is 150 Å². The van der Waals surface area contributed by atoms with Crippen LogP contribution in [0.15, 0.2) is 65.8 Å².